The van der Waals surface area contributed by atoms with Crippen LogP contribution in [0.15, 0.2) is 54.6 Å². The number of nitrogens with zero attached hydrogens (tertiary/aromatic N) is 2. The molecule has 0 saturated carbocycles. The van der Waals surface area contributed by atoms with Crippen molar-refractivity contribution >= 4 is 40.9 Å². The van der Waals surface area contributed by atoms with Crippen LogP contribution in [0.1, 0.15) is 26.3 Å². The minimum atomic E-state index is -0.343. The van der Waals surface area contributed by atoms with E-state index in [-0.39, 0.29) is 17.2 Å². The maximum absolute atomic E-state index is 12.4. The summed E-state index contributed by atoms with van der Waals surface area (Å²) in [6.45, 7) is 8.93. The van der Waals surface area contributed by atoms with Gasteiger partial charge in [0.25, 0.3) is 0 Å². The van der Waals surface area contributed by atoms with Crippen LogP contribution >= 0.6 is 11.6 Å². The Labute approximate surface area is 183 Å². The molecule has 30 heavy (non-hydrogen) atoms. The van der Waals surface area contributed by atoms with Crippen molar-refractivity contribution in [3.05, 3.63) is 65.2 Å². The van der Waals surface area contributed by atoms with E-state index in [9.17, 15) is 9.59 Å². The third-order valence-corrected chi connectivity index (χ3v) is 5.26. The summed E-state index contributed by atoms with van der Waals surface area (Å²) in [5.74, 6) is 0.0128. The molecule has 2 aromatic rings. The van der Waals surface area contributed by atoms with Crippen LogP contribution in [0.2, 0.25) is 5.02 Å². The lowest BCUT2D eigenvalue weighted by Gasteiger charge is -2.38. The Hall–Kier alpha value is -2.79. The average molecular weight is 426 g/mol. The quantitative estimate of drug-likeness (QED) is 0.723. The second-order valence-electron chi connectivity index (χ2n) is 8.45. The van der Waals surface area contributed by atoms with Crippen LogP contribution in [-0.2, 0) is 9.59 Å². The molecule has 1 saturated heterocycles. The molecule has 1 heterocycles. The molecule has 158 valence electrons. The molecule has 2 amide bonds. The van der Waals surface area contributed by atoms with Gasteiger partial charge < -0.3 is 15.1 Å². The van der Waals surface area contributed by atoms with E-state index in [1.54, 1.807) is 18.2 Å². The molecule has 1 aliphatic heterocycles. The number of nitrogens with one attached hydrogen (secondary N) is 1. The normalized spacial score (nSPS) is 14.8. The fourth-order valence-corrected chi connectivity index (χ4v) is 3.45. The summed E-state index contributed by atoms with van der Waals surface area (Å²) in [6, 6.07) is 15.1. The van der Waals surface area contributed by atoms with Gasteiger partial charge in [-0.25, -0.2) is 0 Å². The van der Waals surface area contributed by atoms with Gasteiger partial charge in [-0.2, -0.15) is 0 Å². The maximum Gasteiger partial charge on any atom is 0.248 e. The molecule has 0 aliphatic carbocycles. The Morgan fingerprint density at radius 1 is 0.933 bits per heavy atom. The van der Waals surface area contributed by atoms with Gasteiger partial charge in [0.05, 0.1) is 0 Å². The second kappa shape index (κ2) is 9.35. The molecule has 1 N–H and O–H groups in total. The summed E-state index contributed by atoms with van der Waals surface area (Å²) < 4.78 is 0. The van der Waals surface area contributed by atoms with Crippen molar-refractivity contribution in [2.24, 2.45) is 5.41 Å². The van der Waals surface area contributed by atoms with Crippen LogP contribution in [0, 0.1) is 5.41 Å². The van der Waals surface area contributed by atoms with Crippen molar-refractivity contribution in [1.29, 1.82) is 0 Å². The molecule has 5 nitrogen and oxygen atoms in total. The number of hydrogen-bond donors (Lipinski definition) is 1. The molecule has 6 heteroatoms. The zero-order valence-electron chi connectivity index (χ0n) is 17.7. The Morgan fingerprint density at radius 3 is 2.10 bits per heavy atom. The smallest absolute Gasteiger partial charge is 0.248 e. The standard InChI is InChI=1S/C24H28ClN3O2/c1-24(2,3)23(30)28-16-14-27(15-17-28)21-11-9-20(10-12-21)26-22(29)13-6-18-4-7-19(25)8-5-18/h4-13H,14-17H2,1-3H3,(H,26,29)/b13-6+. The third kappa shape index (κ3) is 5.86. The molecular formula is C24H28ClN3O2. The average Bonchev–Trinajstić information content (AvgIpc) is 2.73. The van der Waals surface area contributed by atoms with E-state index in [0.717, 1.165) is 43.1 Å². The Kier molecular flexibility index (Phi) is 6.83. The SMILES string of the molecule is CC(C)(C)C(=O)N1CCN(c2ccc(NC(=O)/C=C/c3ccc(Cl)cc3)cc2)CC1. The first kappa shape index (κ1) is 21.9. The van der Waals surface area contributed by atoms with Gasteiger partial charge in [-0.05, 0) is 48.0 Å². The summed E-state index contributed by atoms with van der Waals surface area (Å²) in [5, 5.41) is 3.53. The summed E-state index contributed by atoms with van der Waals surface area (Å²) in [4.78, 5) is 28.8. The highest BCUT2D eigenvalue weighted by atomic mass is 35.5. The van der Waals surface area contributed by atoms with E-state index in [1.165, 1.54) is 6.08 Å². The summed E-state index contributed by atoms with van der Waals surface area (Å²) >= 11 is 5.87. The largest absolute Gasteiger partial charge is 0.368 e. The summed E-state index contributed by atoms with van der Waals surface area (Å²) in [5.41, 5.74) is 2.40. The number of rotatable bonds is 4. The molecular weight excluding hydrogens is 398 g/mol. The molecule has 0 unspecified atom stereocenters. The molecule has 0 radical (unpaired) electrons. The van der Waals surface area contributed by atoms with Gasteiger partial charge in [0.2, 0.25) is 11.8 Å². The molecule has 0 spiro atoms. The van der Waals surface area contributed by atoms with E-state index < -0.39 is 0 Å². The first-order valence-electron chi connectivity index (χ1n) is 10.1. The van der Waals surface area contributed by atoms with Gasteiger partial charge in [-0.1, -0.05) is 44.5 Å². The number of benzene rings is 2. The second-order valence-corrected chi connectivity index (χ2v) is 8.89. The lowest BCUT2D eigenvalue weighted by atomic mass is 9.94. The molecule has 0 aromatic heterocycles. The minimum absolute atomic E-state index is 0.188. The molecule has 0 atom stereocenters. The zero-order chi connectivity index (χ0) is 21.7. The van der Waals surface area contributed by atoms with Crippen LogP contribution in [0.4, 0.5) is 11.4 Å². The van der Waals surface area contributed by atoms with Crippen molar-refractivity contribution in [2.45, 2.75) is 20.8 Å². The van der Waals surface area contributed by atoms with Gasteiger partial charge in [-0.15, -0.1) is 0 Å². The molecule has 0 bridgehead atoms. The van der Waals surface area contributed by atoms with Crippen molar-refractivity contribution in [1.82, 2.24) is 4.90 Å². The van der Waals surface area contributed by atoms with Gasteiger partial charge in [-0.3, -0.25) is 9.59 Å². The predicted molar refractivity (Wildman–Crippen MR) is 124 cm³/mol. The number of halogens is 1. The van der Waals surface area contributed by atoms with Gasteiger partial charge in [0.15, 0.2) is 0 Å². The predicted octanol–water partition coefficient (Wildman–Crippen LogP) is 4.69. The molecule has 2 aromatic carbocycles. The van der Waals surface area contributed by atoms with Crippen LogP contribution < -0.4 is 10.2 Å². The topological polar surface area (TPSA) is 52.7 Å². The highest BCUT2D eigenvalue weighted by molar-refractivity contribution is 6.30. The minimum Gasteiger partial charge on any atom is -0.368 e. The number of piperazine rings is 1. The monoisotopic (exact) mass is 425 g/mol. The highest BCUT2D eigenvalue weighted by Gasteiger charge is 2.29. The van der Waals surface area contributed by atoms with Crippen molar-refractivity contribution in [2.75, 3.05) is 36.4 Å². The van der Waals surface area contributed by atoms with E-state index in [2.05, 4.69) is 10.2 Å². The van der Waals surface area contributed by atoms with E-state index in [1.807, 2.05) is 62.1 Å². The van der Waals surface area contributed by atoms with Crippen molar-refractivity contribution < 1.29 is 9.59 Å². The number of amides is 2. The molecule has 3 rings (SSSR count). The Balaban J connectivity index is 1.52. The highest BCUT2D eigenvalue weighted by Crippen LogP contribution is 2.22. The fourth-order valence-electron chi connectivity index (χ4n) is 3.33. The maximum atomic E-state index is 12.4. The molecule has 1 aliphatic rings. The zero-order valence-corrected chi connectivity index (χ0v) is 18.4. The first-order valence-corrected chi connectivity index (χ1v) is 10.5. The van der Waals surface area contributed by atoms with Crippen molar-refractivity contribution in [3.63, 3.8) is 0 Å². The number of hydrogen-bond acceptors (Lipinski definition) is 3. The van der Waals surface area contributed by atoms with Gasteiger partial charge in [0.1, 0.15) is 0 Å². The summed E-state index contributed by atoms with van der Waals surface area (Å²) in [7, 11) is 0. The van der Waals surface area contributed by atoms with Crippen molar-refractivity contribution in [3.8, 4) is 0 Å². The van der Waals surface area contributed by atoms with Crippen LogP contribution in [0.5, 0.6) is 0 Å². The fraction of sp³-hybridized carbons (Fsp3) is 0.333. The first-order chi connectivity index (χ1) is 14.2. The van der Waals surface area contributed by atoms with E-state index >= 15 is 0 Å². The Bertz CT molecular complexity index is 907. The van der Waals surface area contributed by atoms with E-state index in [0.29, 0.717) is 5.02 Å². The lowest BCUT2D eigenvalue weighted by Crippen LogP contribution is -2.51. The number of carbonyl (C=O) groups excluding carboxylic acids is 2. The summed E-state index contributed by atoms with van der Waals surface area (Å²) in [6.07, 6.45) is 3.25. The number of carbonyl (C=O) groups is 2. The molecule has 1 fully saturated rings. The van der Waals surface area contributed by atoms with Crippen LogP contribution in [0.25, 0.3) is 6.08 Å². The van der Waals surface area contributed by atoms with Crippen LogP contribution in [-0.4, -0.2) is 42.9 Å². The van der Waals surface area contributed by atoms with Gasteiger partial charge in [0, 0.05) is 54.1 Å². The lowest BCUT2D eigenvalue weighted by molar-refractivity contribution is -0.139. The Morgan fingerprint density at radius 2 is 1.53 bits per heavy atom. The van der Waals surface area contributed by atoms with Crippen LogP contribution in [0.3, 0.4) is 0 Å². The number of anilines is 2. The van der Waals surface area contributed by atoms with Gasteiger partial charge >= 0.3 is 0 Å². The van der Waals surface area contributed by atoms with E-state index in [4.69, 9.17) is 11.6 Å². The third-order valence-electron chi connectivity index (χ3n) is 5.01.